The van der Waals surface area contributed by atoms with E-state index in [1.807, 2.05) is 26.2 Å². The highest BCUT2D eigenvalue weighted by Crippen LogP contribution is 2.28. The van der Waals surface area contributed by atoms with Gasteiger partial charge in [0.05, 0.1) is 11.6 Å². The van der Waals surface area contributed by atoms with Crippen molar-refractivity contribution in [2.45, 2.75) is 32.7 Å². The van der Waals surface area contributed by atoms with Crippen LogP contribution >= 0.6 is 11.3 Å². The summed E-state index contributed by atoms with van der Waals surface area (Å²) in [4.78, 5) is 31.5. The zero-order valence-electron chi connectivity index (χ0n) is 15.8. The van der Waals surface area contributed by atoms with Crippen molar-refractivity contribution in [3.63, 3.8) is 0 Å². The zero-order valence-corrected chi connectivity index (χ0v) is 16.6. The minimum absolute atomic E-state index is 0.0231. The first-order valence-electron chi connectivity index (χ1n) is 8.94. The van der Waals surface area contributed by atoms with E-state index in [4.69, 9.17) is 0 Å². The van der Waals surface area contributed by atoms with E-state index in [9.17, 15) is 14.0 Å². The van der Waals surface area contributed by atoms with E-state index in [0.29, 0.717) is 11.5 Å². The van der Waals surface area contributed by atoms with Gasteiger partial charge in [-0.2, -0.15) is 4.98 Å². The molecule has 0 aliphatic carbocycles. The van der Waals surface area contributed by atoms with Crippen LogP contribution in [0.1, 0.15) is 27.2 Å². The average molecular weight is 401 g/mol. The number of hydrogen-bond acceptors (Lipinski definition) is 5. The SMILES string of the molecule is CC(C)(C)N1CC(C(=O)Nc2nc3scc(-c4ccc(F)cc4)n3n2)CC1=O. The number of benzene rings is 1. The van der Waals surface area contributed by atoms with Gasteiger partial charge in [0.15, 0.2) is 0 Å². The molecule has 1 atom stereocenters. The van der Waals surface area contributed by atoms with Crippen LogP contribution in [0, 0.1) is 11.7 Å². The Balaban J connectivity index is 1.52. The van der Waals surface area contributed by atoms with Crippen LogP contribution in [0.2, 0.25) is 0 Å². The molecule has 1 unspecified atom stereocenters. The van der Waals surface area contributed by atoms with E-state index in [-0.39, 0.29) is 35.5 Å². The molecule has 1 saturated heterocycles. The topological polar surface area (TPSA) is 79.6 Å². The number of nitrogens with one attached hydrogen (secondary N) is 1. The van der Waals surface area contributed by atoms with Gasteiger partial charge in [-0.3, -0.25) is 14.9 Å². The third kappa shape index (κ3) is 3.37. The first-order valence-corrected chi connectivity index (χ1v) is 9.82. The molecule has 28 heavy (non-hydrogen) atoms. The molecule has 2 amide bonds. The van der Waals surface area contributed by atoms with Crippen molar-refractivity contribution in [3.8, 4) is 11.3 Å². The Labute approximate surface area is 165 Å². The maximum absolute atomic E-state index is 13.2. The molecule has 7 nitrogen and oxygen atoms in total. The second-order valence-corrected chi connectivity index (χ2v) is 8.66. The Morgan fingerprint density at radius 3 is 2.64 bits per heavy atom. The molecule has 1 aliphatic rings. The average Bonchev–Trinajstić information content (AvgIpc) is 3.29. The lowest BCUT2D eigenvalue weighted by molar-refractivity contribution is -0.131. The molecule has 0 saturated carbocycles. The van der Waals surface area contributed by atoms with Crippen molar-refractivity contribution in [3.05, 3.63) is 35.5 Å². The normalized spacial score (nSPS) is 17.5. The molecule has 1 aromatic carbocycles. The Kier molecular flexibility index (Phi) is 4.41. The van der Waals surface area contributed by atoms with Crippen molar-refractivity contribution in [2.75, 3.05) is 11.9 Å². The minimum atomic E-state index is -0.426. The number of thiazole rings is 1. The molecule has 3 heterocycles. The smallest absolute Gasteiger partial charge is 0.250 e. The van der Waals surface area contributed by atoms with E-state index in [0.717, 1.165) is 11.3 Å². The van der Waals surface area contributed by atoms with Crippen LogP contribution in [-0.4, -0.2) is 43.4 Å². The summed E-state index contributed by atoms with van der Waals surface area (Å²) in [6, 6.07) is 6.11. The highest BCUT2D eigenvalue weighted by atomic mass is 32.1. The molecule has 0 radical (unpaired) electrons. The molecular formula is C19H20FN5O2S. The predicted octanol–water partition coefficient (Wildman–Crippen LogP) is 3.18. The van der Waals surface area contributed by atoms with E-state index in [2.05, 4.69) is 15.4 Å². The van der Waals surface area contributed by atoms with Crippen molar-refractivity contribution >= 4 is 34.1 Å². The lowest BCUT2D eigenvalue weighted by Crippen LogP contribution is -2.42. The number of likely N-dealkylation sites (tertiary alicyclic amines) is 1. The second kappa shape index (κ2) is 6.66. The lowest BCUT2D eigenvalue weighted by Gasteiger charge is -2.31. The molecule has 4 rings (SSSR count). The third-order valence-corrected chi connectivity index (χ3v) is 5.58. The fraction of sp³-hybridized carbons (Fsp3) is 0.368. The molecule has 2 aromatic heterocycles. The van der Waals surface area contributed by atoms with Crippen LogP contribution in [0.4, 0.5) is 10.3 Å². The first kappa shape index (κ1) is 18.5. The Hall–Kier alpha value is -2.81. The second-order valence-electron chi connectivity index (χ2n) is 7.82. The first-order chi connectivity index (χ1) is 13.2. The van der Waals surface area contributed by atoms with Gasteiger partial charge in [-0.1, -0.05) is 0 Å². The minimum Gasteiger partial charge on any atom is -0.337 e. The fourth-order valence-corrected chi connectivity index (χ4v) is 4.13. The lowest BCUT2D eigenvalue weighted by atomic mass is 10.1. The number of hydrogen-bond donors (Lipinski definition) is 1. The summed E-state index contributed by atoms with van der Waals surface area (Å²) in [6.45, 7) is 6.24. The highest BCUT2D eigenvalue weighted by Gasteiger charge is 2.39. The van der Waals surface area contributed by atoms with Crippen LogP contribution in [0.25, 0.3) is 16.2 Å². The molecule has 1 N–H and O–H groups in total. The number of nitrogens with zero attached hydrogens (tertiary/aromatic N) is 4. The molecule has 9 heteroatoms. The zero-order chi connectivity index (χ0) is 20.1. The molecule has 146 valence electrons. The molecular weight excluding hydrogens is 381 g/mol. The number of carbonyl (C=O) groups excluding carboxylic acids is 2. The predicted molar refractivity (Wildman–Crippen MR) is 104 cm³/mol. The summed E-state index contributed by atoms with van der Waals surface area (Å²) < 4.78 is 14.8. The van der Waals surface area contributed by atoms with Crippen molar-refractivity contribution in [1.29, 1.82) is 0 Å². The molecule has 0 bridgehead atoms. The van der Waals surface area contributed by atoms with Crippen LogP contribution in [0.5, 0.6) is 0 Å². The maximum atomic E-state index is 13.2. The van der Waals surface area contributed by atoms with E-state index >= 15 is 0 Å². The van der Waals surface area contributed by atoms with Gasteiger partial charge in [0.1, 0.15) is 5.82 Å². The van der Waals surface area contributed by atoms with Crippen LogP contribution in [-0.2, 0) is 9.59 Å². The van der Waals surface area contributed by atoms with Crippen LogP contribution in [0.3, 0.4) is 0 Å². The summed E-state index contributed by atoms with van der Waals surface area (Å²) >= 11 is 1.38. The van der Waals surface area contributed by atoms with Crippen molar-refractivity contribution in [2.24, 2.45) is 5.92 Å². The number of carbonyl (C=O) groups is 2. The molecule has 1 aliphatic heterocycles. The van der Waals surface area contributed by atoms with Gasteiger partial charge in [-0.25, -0.2) is 8.91 Å². The summed E-state index contributed by atoms with van der Waals surface area (Å²) in [5.74, 6) is -0.824. The fourth-order valence-electron chi connectivity index (χ4n) is 3.30. The highest BCUT2D eigenvalue weighted by molar-refractivity contribution is 7.15. The Morgan fingerprint density at radius 1 is 1.29 bits per heavy atom. The molecule has 0 spiro atoms. The quantitative estimate of drug-likeness (QED) is 0.731. The van der Waals surface area contributed by atoms with Gasteiger partial charge >= 0.3 is 0 Å². The summed E-state index contributed by atoms with van der Waals surface area (Å²) in [5, 5.41) is 8.97. The molecule has 1 fully saturated rings. The van der Waals surface area contributed by atoms with E-state index < -0.39 is 5.92 Å². The maximum Gasteiger partial charge on any atom is 0.250 e. The number of aromatic nitrogens is 3. The van der Waals surface area contributed by atoms with Gasteiger partial charge in [-0.05, 0) is 45.0 Å². The Morgan fingerprint density at radius 2 is 2.00 bits per heavy atom. The number of fused-ring (bicyclic) bond motifs is 1. The molecule has 3 aromatic rings. The van der Waals surface area contributed by atoms with Crippen molar-refractivity contribution < 1.29 is 14.0 Å². The standard InChI is InChI=1S/C19H20FN5O2S/c1-19(2,3)24-9-12(8-15(24)26)16(27)21-17-22-18-25(23-17)14(10-28-18)11-4-6-13(20)7-5-11/h4-7,10,12H,8-9H2,1-3H3,(H,21,23,27). The van der Waals surface area contributed by atoms with E-state index in [1.165, 1.54) is 23.5 Å². The van der Waals surface area contributed by atoms with Gasteiger partial charge in [0, 0.05) is 29.4 Å². The van der Waals surface area contributed by atoms with Crippen LogP contribution in [0.15, 0.2) is 29.6 Å². The van der Waals surface area contributed by atoms with Gasteiger partial charge < -0.3 is 4.90 Å². The monoisotopic (exact) mass is 401 g/mol. The van der Waals surface area contributed by atoms with Gasteiger partial charge in [0.2, 0.25) is 22.7 Å². The number of anilines is 1. The Bertz CT molecular complexity index is 1050. The van der Waals surface area contributed by atoms with Crippen LogP contribution < -0.4 is 5.32 Å². The van der Waals surface area contributed by atoms with E-state index in [1.54, 1.807) is 21.5 Å². The number of amides is 2. The van der Waals surface area contributed by atoms with Gasteiger partial charge in [0.25, 0.3) is 0 Å². The summed E-state index contributed by atoms with van der Waals surface area (Å²) in [7, 11) is 0. The largest absolute Gasteiger partial charge is 0.337 e. The summed E-state index contributed by atoms with van der Waals surface area (Å²) in [5.41, 5.74) is 1.26. The summed E-state index contributed by atoms with van der Waals surface area (Å²) in [6.07, 6.45) is 0.187. The van der Waals surface area contributed by atoms with Crippen molar-refractivity contribution in [1.82, 2.24) is 19.5 Å². The number of halogens is 1. The van der Waals surface area contributed by atoms with Gasteiger partial charge in [-0.15, -0.1) is 16.4 Å². The number of rotatable bonds is 3. The third-order valence-electron chi connectivity index (χ3n) is 4.76.